The highest BCUT2D eigenvalue weighted by molar-refractivity contribution is 7.98. The van der Waals surface area contributed by atoms with Crippen LogP contribution in [0.4, 0.5) is 5.82 Å². The van der Waals surface area contributed by atoms with Crippen molar-refractivity contribution in [3.63, 3.8) is 0 Å². The minimum absolute atomic E-state index is 0.315. The Morgan fingerprint density at radius 2 is 2.05 bits per heavy atom. The molecule has 1 aromatic rings. The Morgan fingerprint density at radius 3 is 2.68 bits per heavy atom. The van der Waals surface area contributed by atoms with Gasteiger partial charge >= 0.3 is 0 Å². The van der Waals surface area contributed by atoms with Crippen molar-refractivity contribution in [1.82, 2.24) is 9.97 Å². The molecule has 4 nitrogen and oxygen atoms in total. The predicted molar refractivity (Wildman–Crippen MR) is 80.0 cm³/mol. The van der Waals surface area contributed by atoms with Crippen LogP contribution in [0.1, 0.15) is 39.5 Å². The molecule has 1 N–H and O–H groups in total. The monoisotopic (exact) mass is 281 g/mol. The normalized spacial score (nSPS) is 23.1. The molecule has 1 aliphatic rings. The van der Waals surface area contributed by atoms with Crippen molar-refractivity contribution >= 4 is 17.6 Å². The molecule has 0 saturated heterocycles. The largest absolute Gasteiger partial charge is 0.474 e. The lowest BCUT2D eigenvalue weighted by atomic mass is 9.89. The maximum Gasteiger partial charge on any atom is 0.219 e. The smallest absolute Gasteiger partial charge is 0.219 e. The van der Waals surface area contributed by atoms with Crippen LogP contribution in [0.2, 0.25) is 0 Å². The maximum atomic E-state index is 6.03. The number of hydrogen-bond acceptors (Lipinski definition) is 5. The molecular formula is C14H23N3OS. The van der Waals surface area contributed by atoms with E-state index in [1.165, 1.54) is 12.8 Å². The quantitative estimate of drug-likeness (QED) is 0.660. The molecule has 0 unspecified atom stereocenters. The van der Waals surface area contributed by atoms with Gasteiger partial charge in [0, 0.05) is 12.6 Å². The number of nitrogens with zero attached hydrogens (tertiary/aromatic N) is 2. The van der Waals surface area contributed by atoms with Crippen LogP contribution >= 0.6 is 11.8 Å². The van der Waals surface area contributed by atoms with Crippen LogP contribution in [0.25, 0.3) is 0 Å². The van der Waals surface area contributed by atoms with E-state index in [9.17, 15) is 0 Å². The maximum absolute atomic E-state index is 6.03. The molecule has 5 heteroatoms. The highest BCUT2D eigenvalue weighted by atomic mass is 32.2. The molecule has 0 bridgehead atoms. The summed E-state index contributed by atoms with van der Waals surface area (Å²) in [5.74, 6) is 2.39. The fraction of sp³-hybridized carbons (Fsp3) is 0.714. The molecule has 1 saturated carbocycles. The van der Waals surface area contributed by atoms with Gasteiger partial charge in [-0.2, -0.15) is 4.98 Å². The van der Waals surface area contributed by atoms with Crippen LogP contribution in [-0.2, 0) is 0 Å². The first-order chi connectivity index (χ1) is 9.21. The number of aromatic nitrogens is 2. The predicted octanol–water partition coefficient (Wildman–Crippen LogP) is 3.59. The molecule has 1 aromatic heterocycles. The third kappa shape index (κ3) is 4.27. The topological polar surface area (TPSA) is 47.0 Å². The fourth-order valence-corrected chi connectivity index (χ4v) is 2.72. The van der Waals surface area contributed by atoms with Crippen LogP contribution in [0.15, 0.2) is 11.2 Å². The zero-order valence-electron chi connectivity index (χ0n) is 12.0. The molecule has 1 heterocycles. The van der Waals surface area contributed by atoms with Crippen molar-refractivity contribution in [2.24, 2.45) is 5.92 Å². The van der Waals surface area contributed by atoms with Crippen molar-refractivity contribution in [2.75, 3.05) is 18.1 Å². The minimum atomic E-state index is 0.315. The number of rotatable bonds is 5. The second-order valence-electron chi connectivity index (χ2n) is 5.11. The Bertz CT molecular complexity index is 406. The van der Waals surface area contributed by atoms with E-state index in [0.717, 1.165) is 36.3 Å². The molecule has 19 heavy (non-hydrogen) atoms. The lowest BCUT2D eigenvalue weighted by Crippen LogP contribution is -2.23. The van der Waals surface area contributed by atoms with Gasteiger partial charge in [0.15, 0.2) is 5.16 Å². The average molecular weight is 281 g/mol. The highest BCUT2D eigenvalue weighted by Crippen LogP contribution is 2.27. The Morgan fingerprint density at radius 1 is 1.32 bits per heavy atom. The zero-order valence-corrected chi connectivity index (χ0v) is 12.8. The number of hydrogen-bond donors (Lipinski definition) is 1. The van der Waals surface area contributed by atoms with Crippen LogP contribution in [-0.4, -0.2) is 28.9 Å². The van der Waals surface area contributed by atoms with Crippen molar-refractivity contribution in [3.8, 4) is 5.88 Å². The number of ether oxygens (including phenoxy) is 1. The van der Waals surface area contributed by atoms with E-state index in [1.807, 2.05) is 12.3 Å². The third-order valence-corrected chi connectivity index (χ3v) is 4.02. The lowest BCUT2D eigenvalue weighted by molar-refractivity contribution is 0.129. The first-order valence-corrected chi connectivity index (χ1v) is 8.27. The molecule has 0 amide bonds. The van der Waals surface area contributed by atoms with Gasteiger partial charge < -0.3 is 10.1 Å². The second kappa shape index (κ2) is 6.98. The molecule has 0 aromatic carbocycles. The van der Waals surface area contributed by atoms with E-state index >= 15 is 0 Å². The average Bonchev–Trinajstić information content (AvgIpc) is 2.41. The molecule has 0 atom stereocenters. The number of nitrogens with one attached hydrogen (secondary N) is 1. The van der Waals surface area contributed by atoms with Crippen molar-refractivity contribution in [3.05, 3.63) is 6.07 Å². The Kier molecular flexibility index (Phi) is 5.31. The van der Waals surface area contributed by atoms with Crippen molar-refractivity contribution in [2.45, 2.75) is 50.8 Å². The summed E-state index contributed by atoms with van der Waals surface area (Å²) in [6.07, 6.45) is 7.08. The van der Waals surface area contributed by atoms with Gasteiger partial charge in [-0.05, 0) is 44.8 Å². The first kappa shape index (κ1) is 14.4. The van der Waals surface area contributed by atoms with E-state index < -0.39 is 0 Å². The molecule has 106 valence electrons. The molecule has 2 rings (SSSR count). The number of anilines is 1. The van der Waals surface area contributed by atoms with Gasteiger partial charge in [-0.25, -0.2) is 4.98 Å². The van der Waals surface area contributed by atoms with E-state index in [1.54, 1.807) is 11.8 Å². The van der Waals surface area contributed by atoms with Gasteiger partial charge in [-0.3, -0.25) is 0 Å². The van der Waals surface area contributed by atoms with Crippen molar-refractivity contribution < 1.29 is 4.74 Å². The van der Waals surface area contributed by atoms with Gasteiger partial charge in [0.2, 0.25) is 5.88 Å². The molecule has 1 aliphatic carbocycles. The fourth-order valence-electron chi connectivity index (χ4n) is 2.35. The summed E-state index contributed by atoms with van der Waals surface area (Å²) in [4.78, 5) is 8.84. The number of thioether (sulfide) groups is 1. The van der Waals surface area contributed by atoms with Gasteiger partial charge in [0.1, 0.15) is 11.9 Å². The van der Waals surface area contributed by atoms with E-state index in [2.05, 4.69) is 29.1 Å². The summed E-state index contributed by atoms with van der Waals surface area (Å²) in [6.45, 7) is 5.23. The van der Waals surface area contributed by atoms with Crippen molar-refractivity contribution in [1.29, 1.82) is 0 Å². The van der Waals surface area contributed by atoms with Crippen LogP contribution in [0.5, 0.6) is 5.88 Å². The lowest BCUT2D eigenvalue weighted by Gasteiger charge is -2.26. The minimum Gasteiger partial charge on any atom is -0.474 e. The molecular weight excluding hydrogens is 258 g/mol. The SMILES string of the molecule is CCNc1cc(OC2CCC(C)CC2)nc(SC)n1. The van der Waals surface area contributed by atoms with E-state index in [0.29, 0.717) is 12.0 Å². The summed E-state index contributed by atoms with van der Waals surface area (Å²) in [5, 5.41) is 3.98. The summed E-state index contributed by atoms with van der Waals surface area (Å²) >= 11 is 1.54. The van der Waals surface area contributed by atoms with Gasteiger partial charge in [-0.15, -0.1) is 0 Å². The Hall–Kier alpha value is -0.970. The van der Waals surface area contributed by atoms with Gasteiger partial charge in [0.25, 0.3) is 0 Å². The zero-order chi connectivity index (χ0) is 13.7. The van der Waals surface area contributed by atoms with E-state index in [-0.39, 0.29) is 0 Å². The summed E-state index contributed by atoms with van der Waals surface area (Å²) in [7, 11) is 0. The van der Waals surface area contributed by atoms with Crippen LogP contribution in [0.3, 0.4) is 0 Å². The molecule has 0 aliphatic heterocycles. The third-order valence-electron chi connectivity index (χ3n) is 3.47. The second-order valence-corrected chi connectivity index (χ2v) is 5.88. The highest BCUT2D eigenvalue weighted by Gasteiger charge is 2.20. The van der Waals surface area contributed by atoms with E-state index in [4.69, 9.17) is 4.74 Å². The summed E-state index contributed by atoms with van der Waals surface area (Å²) in [6, 6.07) is 1.90. The van der Waals surface area contributed by atoms with Gasteiger partial charge in [-0.1, -0.05) is 18.7 Å². The summed E-state index contributed by atoms with van der Waals surface area (Å²) in [5.41, 5.74) is 0. The summed E-state index contributed by atoms with van der Waals surface area (Å²) < 4.78 is 6.03. The molecule has 0 radical (unpaired) electrons. The van der Waals surface area contributed by atoms with Crippen LogP contribution < -0.4 is 10.1 Å². The molecule has 1 fully saturated rings. The standard InChI is InChI=1S/C14H23N3OS/c1-4-15-12-9-13(17-14(16-12)19-3)18-11-7-5-10(2)6-8-11/h9-11H,4-8H2,1-3H3,(H,15,16,17). The Labute approximate surface area is 119 Å². The molecule has 0 spiro atoms. The van der Waals surface area contributed by atoms with Crippen LogP contribution in [0, 0.1) is 5.92 Å². The first-order valence-electron chi connectivity index (χ1n) is 7.04. The Balaban J connectivity index is 2.04. The van der Waals surface area contributed by atoms with Gasteiger partial charge in [0.05, 0.1) is 0 Å².